The number of rotatable bonds is 2. The summed E-state index contributed by atoms with van der Waals surface area (Å²) in [5.74, 6) is 0. The molecule has 0 aliphatic carbocycles. The van der Waals surface area contributed by atoms with Crippen LogP contribution in [0.4, 0.5) is 4.79 Å². The molecule has 0 unspecified atom stereocenters. The monoisotopic (exact) mass is 236 g/mol. The van der Waals surface area contributed by atoms with E-state index in [4.69, 9.17) is 0 Å². The highest BCUT2D eigenvalue weighted by molar-refractivity contribution is 5.76. The molecule has 1 amide bonds. The molecule has 1 aromatic rings. The standard InChI is InChI=1S/C12H20N4O/c1-3-15-7-4-11(5-8-15)14(2)12(17)16-9-6-13-10-16/h6,9-11H,3-5,7-8H2,1-2H3. The zero-order valence-electron chi connectivity index (χ0n) is 10.5. The van der Waals surface area contributed by atoms with Crippen molar-refractivity contribution < 1.29 is 4.79 Å². The van der Waals surface area contributed by atoms with Crippen molar-refractivity contribution in [1.29, 1.82) is 0 Å². The summed E-state index contributed by atoms with van der Waals surface area (Å²) in [7, 11) is 1.88. The molecule has 2 heterocycles. The maximum atomic E-state index is 12.1. The normalized spacial score (nSPS) is 18.2. The fourth-order valence-corrected chi connectivity index (χ4v) is 2.33. The van der Waals surface area contributed by atoms with Crippen molar-refractivity contribution in [2.24, 2.45) is 0 Å². The molecule has 2 rings (SSSR count). The molecule has 1 aromatic heterocycles. The summed E-state index contributed by atoms with van der Waals surface area (Å²) in [6.07, 6.45) is 7.00. The number of likely N-dealkylation sites (tertiary alicyclic amines) is 1. The summed E-state index contributed by atoms with van der Waals surface area (Å²) < 4.78 is 1.53. The summed E-state index contributed by atoms with van der Waals surface area (Å²) >= 11 is 0. The summed E-state index contributed by atoms with van der Waals surface area (Å²) in [6, 6.07) is 0.366. The lowest BCUT2D eigenvalue weighted by molar-refractivity contribution is 0.139. The van der Waals surface area contributed by atoms with Crippen molar-refractivity contribution in [2.75, 3.05) is 26.7 Å². The van der Waals surface area contributed by atoms with E-state index < -0.39 is 0 Å². The van der Waals surface area contributed by atoms with Crippen molar-refractivity contribution in [3.8, 4) is 0 Å². The molecule has 0 N–H and O–H groups in total. The minimum atomic E-state index is 0.0115. The first-order valence-corrected chi connectivity index (χ1v) is 6.20. The molecule has 5 heteroatoms. The number of imidazole rings is 1. The molecule has 1 fully saturated rings. The van der Waals surface area contributed by atoms with Crippen molar-refractivity contribution in [1.82, 2.24) is 19.4 Å². The second-order valence-corrected chi connectivity index (χ2v) is 4.53. The Morgan fingerprint density at radius 1 is 1.47 bits per heavy atom. The number of nitrogens with zero attached hydrogens (tertiary/aromatic N) is 4. The maximum Gasteiger partial charge on any atom is 0.329 e. The number of carbonyl (C=O) groups is 1. The molecule has 1 saturated heterocycles. The van der Waals surface area contributed by atoms with Crippen molar-refractivity contribution >= 4 is 6.03 Å². The van der Waals surface area contributed by atoms with E-state index in [-0.39, 0.29) is 6.03 Å². The van der Waals surface area contributed by atoms with Crippen LogP contribution in [-0.4, -0.2) is 58.1 Å². The van der Waals surface area contributed by atoms with Gasteiger partial charge < -0.3 is 9.80 Å². The number of carbonyl (C=O) groups excluding carboxylic acids is 1. The Labute approximate surface area is 102 Å². The molecule has 94 valence electrons. The Balaban J connectivity index is 1.92. The molecule has 0 spiro atoms. The van der Waals surface area contributed by atoms with E-state index in [0.717, 1.165) is 32.5 Å². The van der Waals surface area contributed by atoms with Crippen LogP contribution in [0, 0.1) is 0 Å². The molecule has 0 atom stereocenters. The van der Waals surface area contributed by atoms with Crippen LogP contribution in [-0.2, 0) is 0 Å². The zero-order valence-corrected chi connectivity index (χ0v) is 10.5. The topological polar surface area (TPSA) is 41.4 Å². The first kappa shape index (κ1) is 12.1. The van der Waals surface area contributed by atoms with Gasteiger partial charge in [-0.3, -0.25) is 4.57 Å². The summed E-state index contributed by atoms with van der Waals surface area (Å²) in [4.78, 5) is 20.3. The maximum absolute atomic E-state index is 12.1. The molecule has 0 radical (unpaired) electrons. The van der Waals surface area contributed by atoms with Crippen LogP contribution in [0.2, 0.25) is 0 Å². The van der Waals surface area contributed by atoms with Crippen LogP contribution < -0.4 is 0 Å². The van der Waals surface area contributed by atoms with Gasteiger partial charge in [-0.05, 0) is 19.4 Å². The minimum Gasteiger partial charge on any atom is -0.324 e. The van der Waals surface area contributed by atoms with E-state index >= 15 is 0 Å². The van der Waals surface area contributed by atoms with Crippen molar-refractivity contribution in [2.45, 2.75) is 25.8 Å². The van der Waals surface area contributed by atoms with E-state index in [9.17, 15) is 4.79 Å². The lowest BCUT2D eigenvalue weighted by Crippen LogP contribution is -2.46. The Bertz CT molecular complexity index is 355. The summed E-state index contributed by atoms with van der Waals surface area (Å²) in [5.41, 5.74) is 0. The van der Waals surface area contributed by atoms with E-state index in [1.165, 1.54) is 4.57 Å². The van der Waals surface area contributed by atoms with Gasteiger partial charge in [0.05, 0.1) is 0 Å². The van der Waals surface area contributed by atoms with Crippen LogP contribution >= 0.6 is 0 Å². The minimum absolute atomic E-state index is 0.0115. The van der Waals surface area contributed by atoms with Gasteiger partial charge in [0.25, 0.3) is 0 Å². The number of hydrogen-bond acceptors (Lipinski definition) is 3. The Hall–Kier alpha value is -1.36. The SMILES string of the molecule is CCN1CCC(N(C)C(=O)n2ccnc2)CC1. The zero-order chi connectivity index (χ0) is 12.3. The third kappa shape index (κ3) is 2.66. The molecule has 0 aromatic carbocycles. The third-order valence-electron chi connectivity index (χ3n) is 3.58. The number of amides is 1. The fraction of sp³-hybridized carbons (Fsp3) is 0.667. The van der Waals surface area contributed by atoms with Gasteiger partial charge in [-0.25, -0.2) is 9.78 Å². The van der Waals surface area contributed by atoms with Gasteiger partial charge in [0.15, 0.2) is 0 Å². The summed E-state index contributed by atoms with van der Waals surface area (Å²) in [6.45, 7) is 5.46. The van der Waals surface area contributed by atoms with E-state index in [0.29, 0.717) is 6.04 Å². The van der Waals surface area contributed by atoms with Gasteiger partial charge in [-0.1, -0.05) is 6.92 Å². The van der Waals surface area contributed by atoms with Crippen LogP contribution in [0.15, 0.2) is 18.7 Å². The smallest absolute Gasteiger partial charge is 0.324 e. The predicted octanol–water partition coefficient (Wildman–Crippen LogP) is 1.27. The predicted molar refractivity (Wildman–Crippen MR) is 65.9 cm³/mol. The van der Waals surface area contributed by atoms with Crippen molar-refractivity contribution in [3.63, 3.8) is 0 Å². The average Bonchev–Trinajstić information content (AvgIpc) is 2.91. The number of hydrogen-bond donors (Lipinski definition) is 0. The molecule has 0 saturated carbocycles. The first-order valence-electron chi connectivity index (χ1n) is 6.20. The van der Waals surface area contributed by atoms with Crippen LogP contribution in [0.5, 0.6) is 0 Å². The second kappa shape index (κ2) is 5.31. The Kier molecular flexibility index (Phi) is 3.78. The van der Waals surface area contributed by atoms with Gasteiger partial charge in [0.1, 0.15) is 6.33 Å². The van der Waals surface area contributed by atoms with Crippen LogP contribution in [0.25, 0.3) is 0 Å². The molecule has 1 aliphatic rings. The van der Waals surface area contributed by atoms with Crippen LogP contribution in [0.1, 0.15) is 19.8 Å². The molecular weight excluding hydrogens is 216 g/mol. The molecular formula is C12H20N4O. The van der Waals surface area contributed by atoms with Crippen molar-refractivity contribution in [3.05, 3.63) is 18.7 Å². The first-order chi connectivity index (χ1) is 8.22. The quantitative estimate of drug-likeness (QED) is 0.776. The lowest BCUT2D eigenvalue weighted by atomic mass is 10.0. The van der Waals surface area contributed by atoms with Gasteiger partial charge >= 0.3 is 6.03 Å². The van der Waals surface area contributed by atoms with E-state index in [1.54, 1.807) is 18.7 Å². The highest BCUT2D eigenvalue weighted by atomic mass is 16.2. The lowest BCUT2D eigenvalue weighted by Gasteiger charge is -2.36. The molecule has 0 bridgehead atoms. The fourth-order valence-electron chi connectivity index (χ4n) is 2.33. The van der Waals surface area contributed by atoms with Gasteiger partial charge in [0.2, 0.25) is 0 Å². The third-order valence-corrected chi connectivity index (χ3v) is 3.58. The molecule has 17 heavy (non-hydrogen) atoms. The number of piperidine rings is 1. The van der Waals surface area contributed by atoms with E-state index in [1.807, 2.05) is 11.9 Å². The molecule has 5 nitrogen and oxygen atoms in total. The second-order valence-electron chi connectivity index (χ2n) is 4.53. The highest BCUT2D eigenvalue weighted by Crippen LogP contribution is 2.15. The van der Waals surface area contributed by atoms with Gasteiger partial charge in [-0.15, -0.1) is 0 Å². The van der Waals surface area contributed by atoms with Gasteiger partial charge in [0, 0.05) is 38.6 Å². The summed E-state index contributed by atoms with van der Waals surface area (Å²) in [5, 5.41) is 0. The Morgan fingerprint density at radius 2 is 2.18 bits per heavy atom. The van der Waals surface area contributed by atoms with E-state index in [2.05, 4.69) is 16.8 Å². The molecule has 1 aliphatic heterocycles. The van der Waals surface area contributed by atoms with Crippen LogP contribution in [0.3, 0.4) is 0 Å². The Morgan fingerprint density at radius 3 is 2.71 bits per heavy atom. The number of aromatic nitrogens is 2. The largest absolute Gasteiger partial charge is 0.329 e. The van der Waals surface area contributed by atoms with Gasteiger partial charge in [-0.2, -0.15) is 0 Å². The highest BCUT2D eigenvalue weighted by Gasteiger charge is 2.25. The average molecular weight is 236 g/mol.